The molecule has 74 valence electrons. The van der Waals surface area contributed by atoms with Crippen LogP contribution in [0.3, 0.4) is 0 Å². The molecule has 0 N–H and O–H groups in total. The average Bonchev–Trinajstić information content (AvgIpc) is 2.18. The molecule has 14 heavy (non-hydrogen) atoms. The van der Waals surface area contributed by atoms with Gasteiger partial charge in [0.1, 0.15) is 6.07 Å². The summed E-state index contributed by atoms with van der Waals surface area (Å²) < 4.78 is 0.857. The van der Waals surface area contributed by atoms with E-state index in [1.54, 1.807) is 11.8 Å². The minimum Gasteiger partial charge on any atom is -0.192 e. The molecule has 1 rings (SSSR count). The van der Waals surface area contributed by atoms with Crippen LogP contribution >= 0.6 is 39.3 Å². The summed E-state index contributed by atoms with van der Waals surface area (Å²) >= 11 is 10.7. The third-order valence-corrected chi connectivity index (χ3v) is 3.61. The normalized spacial score (nSPS) is 9.79. The Morgan fingerprint density at radius 2 is 2.29 bits per heavy atom. The molecule has 0 radical (unpaired) electrons. The molecule has 0 heterocycles. The first-order valence-corrected chi connectivity index (χ1v) is 6.47. The highest BCUT2D eigenvalue weighted by atomic mass is 79.9. The zero-order valence-electron chi connectivity index (χ0n) is 7.46. The van der Waals surface area contributed by atoms with Crippen molar-refractivity contribution in [1.29, 1.82) is 5.26 Å². The van der Waals surface area contributed by atoms with E-state index in [9.17, 15) is 0 Å². The maximum Gasteiger partial charge on any atom is 0.100 e. The molecule has 1 nitrogen and oxygen atoms in total. The Morgan fingerprint density at radius 1 is 1.50 bits per heavy atom. The number of alkyl halides is 1. The molecule has 0 aromatic heterocycles. The van der Waals surface area contributed by atoms with Gasteiger partial charge in [-0.2, -0.15) is 5.26 Å². The number of rotatable bonds is 4. The number of halogens is 2. The van der Waals surface area contributed by atoms with Crippen molar-refractivity contribution in [2.24, 2.45) is 0 Å². The molecule has 0 saturated carbocycles. The highest BCUT2D eigenvalue weighted by Crippen LogP contribution is 2.25. The van der Waals surface area contributed by atoms with Gasteiger partial charge in [0.15, 0.2) is 0 Å². The van der Waals surface area contributed by atoms with Gasteiger partial charge in [0.25, 0.3) is 0 Å². The summed E-state index contributed by atoms with van der Waals surface area (Å²) in [6, 6.07) is 7.87. The van der Waals surface area contributed by atoms with E-state index in [0.29, 0.717) is 11.4 Å². The van der Waals surface area contributed by atoms with Gasteiger partial charge in [-0.1, -0.05) is 0 Å². The molecule has 0 amide bonds. The molecular weight excluding hydrogens is 282 g/mol. The quantitative estimate of drug-likeness (QED) is 0.475. The second kappa shape index (κ2) is 6.34. The van der Waals surface area contributed by atoms with Crippen molar-refractivity contribution in [3.8, 4) is 6.07 Å². The van der Waals surface area contributed by atoms with Crippen LogP contribution < -0.4 is 0 Å². The van der Waals surface area contributed by atoms with Crippen LogP contribution in [0.5, 0.6) is 0 Å². The van der Waals surface area contributed by atoms with Gasteiger partial charge in [0, 0.05) is 15.2 Å². The standard InChI is InChI=1S/C10H9BrClNS/c11-10-6-9(14-5-1-4-12)3-2-8(10)7-13/h2-3,6H,1,4-5H2. The van der Waals surface area contributed by atoms with Crippen molar-refractivity contribution < 1.29 is 0 Å². The van der Waals surface area contributed by atoms with E-state index in [0.717, 1.165) is 16.6 Å². The summed E-state index contributed by atoms with van der Waals surface area (Å²) in [5.41, 5.74) is 0.673. The average molecular weight is 291 g/mol. The number of thioether (sulfide) groups is 1. The monoisotopic (exact) mass is 289 g/mol. The molecule has 4 heteroatoms. The van der Waals surface area contributed by atoms with Gasteiger partial charge in [0.05, 0.1) is 5.56 Å². The number of benzene rings is 1. The Labute approximate surface area is 102 Å². The van der Waals surface area contributed by atoms with Crippen molar-refractivity contribution in [2.75, 3.05) is 11.6 Å². The van der Waals surface area contributed by atoms with Gasteiger partial charge < -0.3 is 0 Å². The smallest absolute Gasteiger partial charge is 0.100 e. The van der Waals surface area contributed by atoms with Crippen LogP contribution in [0.25, 0.3) is 0 Å². The predicted octanol–water partition coefficient (Wildman–Crippen LogP) is 4.04. The molecule has 1 aromatic carbocycles. The molecule has 0 saturated heterocycles. The van der Waals surface area contributed by atoms with Crippen LogP contribution in [0.4, 0.5) is 0 Å². The van der Waals surface area contributed by atoms with Crippen LogP contribution in [-0.4, -0.2) is 11.6 Å². The van der Waals surface area contributed by atoms with E-state index in [1.165, 1.54) is 4.90 Å². The highest BCUT2D eigenvalue weighted by Gasteiger charge is 2.00. The van der Waals surface area contributed by atoms with E-state index in [2.05, 4.69) is 22.0 Å². The van der Waals surface area contributed by atoms with E-state index >= 15 is 0 Å². The first-order chi connectivity index (χ1) is 6.77. The molecule has 0 fully saturated rings. The minimum atomic E-state index is 0.673. The first kappa shape index (κ1) is 11.9. The highest BCUT2D eigenvalue weighted by molar-refractivity contribution is 9.10. The van der Waals surface area contributed by atoms with Crippen molar-refractivity contribution in [1.82, 2.24) is 0 Å². The van der Waals surface area contributed by atoms with Gasteiger partial charge in [0.2, 0.25) is 0 Å². The van der Waals surface area contributed by atoms with Crippen LogP contribution in [0.15, 0.2) is 27.6 Å². The van der Waals surface area contributed by atoms with Crippen LogP contribution in [0.2, 0.25) is 0 Å². The summed E-state index contributed by atoms with van der Waals surface area (Å²) in [7, 11) is 0. The zero-order valence-corrected chi connectivity index (χ0v) is 10.6. The molecule has 0 aliphatic rings. The summed E-state index contributed by atoms with van der Waals surface area (Å²) in [6.07, 6.45) is 1.00. The number of nitrogens with zero attached hydrogens (tertiary/aromatic N) is 1. The van der Waals surface area contributed by atoms with Gasteiger partial charge in [-0.3, -0.25) is 0 Å². The lowest BCUT2D eigenvalue weighted by atomic mass is 10.2. The second-order valence-corrected chi connectivity index (χ2v) is 5.05. The SMILES string of the molecule is N#Cc1ccc(SCCCCl)cc1Br. The Hall–Kier alpha value is -0.170. The van der Waals surface area contributed by atoms with Crippen LogP contribution in [0, 0.1) is 11.3 Å². The van der Waals surface area contributed by atoms with Gasteiger partial charge in [-0.25, -0.2) is 0 Å². The van der Waals surface area contributed by atoms with Crippen molar-refractivity contribution in [2.45, 2.75) is 11.3 Å². The van der Waals surface area contributed by atoms with E-state index in [1.807, 2.05) is 18.2 Å². The summed E-state index contributed by atoms with van der Waals surface area (Å²) in [5, 5.41) is 8.72. The van der Waals surface area contributed by atoms with Crippen LogP contribution in [-0.2, 0) is 0 Å². The second-order valence-electron chi connectivity index (χ2n) is 2.64. The first-order valence-electron chi connectivity index (χ1n) is 4.16. The predicted molar refractivity (Wildman–Crippen MR) is 64.9 cm³/mol. The fourth-order valence-electron chi connectivity index (χ4n) is 0.921. The number of nitriles is 1. The Bertz CT molecular complexity index is 348. The lowest BCUT2D eigenvalue weighted by Gasteiger charge is -2.01. The van der Waals surface area contributed by atoms with Crippen molar-refractivity contribution >= 4 is 39.3 Å². The third kappa shape index (κ3) is 3.53. The molecule has 0 aliphatic carbocycles. The van der Waals surface area contributed by atoms with Crippen LogP contribution in [0.1, 0.15) is 12.0 Å². The maximum absolute atomic E-state index is 8.72. The molecule has 0 atom stereocenters. The van der Waals surface area contributed by atoms with Gasteiger partial charge >= 0.3 is 0 Å². The summed E-state index contributed by atoms with van der Waals surface area (Å²) in [4.78, 5) is 1.17. The third-order valence-electron chi connectivity index (χ3n) is 1.61. The Kier molecular flexibility index (Phi) is 5.39. The molecule has 0 spiro atoms. The lowest BCUT2D eigenvalue weighted by Crippen LogP contribution is -1.82. The van der Waals surface area contributed by atoms with E-state index in [-0.39, 0.29) is 0 Å². The van der Waals surface area contributed by atoms with Crippen molar-refractivity contribution in [3.05, 3.63) is 28.2 Å². The topological polar surface area (TPSA) is 23.8 Å². The largest absolute Gasteiger partial charge is 0.192 e. The van der Waals surface area contributed by atoms with E-state index < -0.39 is 0 Å². The summed E-state index contributed by atoms with van der Waals surface area (Å²) in [6.45, 7) is 0. The molecular formula is C10H9BrClNS. The number of hydrogen-bond acceptors (Lipinski definition) is 2. The Balaban J connectivity index is 2.63. The van der Waals surface area contributed by atoms with Crippen molar-refractivity contribution in [3.63, 3.8) is 0 Å². The fraction of sp³-hybridized carbons (Fsp3) is 0.300. The maximum atomic E-state index is 8.72. The Morgan fingerprint density at radius 3 is 2.86 bits per heavy atom. The molecule has 0 unspecified atom stereocenters. The zero-order chi connectivity index (χ0) is 10.4. The van der Waals surface area contributed by atoms with Gasteiger partial charge in [-0.05, 0) is 46.3 Å². The number of hydrogen-bond donors (Lipinski definition) is 0. The lowest BCUT2D eigenvalue weighted by molar-refractivity contribution is 1.11. The fourth-order valence-corrected chi connectivity index (χ4v) is 2.72. The minimum absolute atomic E-state index is 0.673. The molecule has 0 bridgehead atoms. The van der Waals surface area contributed by atoms with Gasteiger partial charge in [-0.15, -0.1) is 23.4 Å². The molecule has 0 aliphatic heterocycles. The summed E-state index contributed by atoms with van der Waals surface area (Å²) in [5.74, 6) is 1.71. The van der Waals surface area contributed by atoms with E-state index in [4.69, 9.17) is 16.9 Å². The molecule has 1 aromatic rings.